The molecule has 0 aromatic heterocycles. The third-order valence-electron chi connectivity index (χ3n) is 2.48. The lowest BCUT2D eigenvalue weighted by atomic mass is 10.1. The van der Waals surface area contributed by atoms with E-state index in [1.54, 1.807) is 0 Å². The van der Waals surface area contributed by atoms with Crippen LogP contribution in [-0.4, -0.2) is 24.1 Å². The number of hydrogen-bond acceptors (Lipinski definition) is 2. The van der Waals surface area contributed by atoms with Gasteiger partial charge >= 0.3 is 0 Å². The van der Waals surface area contributed by atoms with E-state index in [9.17, 15) is 0 Å². The minimum Gasteiger partial charge on any atom is -0.314 e. The van der Waals surface area contributed by atoms with Crippen LogP contribution in [0.1, 0.15) is 39.0 Å². The summed E-state index contributed by atoms with van der Waals surface area (Å²) in [6.07, 6.45) is 7.04. The summed E-state index contributed by atoms with van der Waals surface area (Å²) in [7, 11) is 0. The average molecular weight is 187 g/mol. The highest BCUT2D eigenvalue weighted by Crippen LogP contribution is 2.13. The molecule has 0 spiro atoms. The minimum atomic E-state index is 0.826. The van der Waals surface area contributed by atoms with Crippen molar-refractivity contribution in [3.63, 3.8) is 0 Å². The molecule has 2 heteroatoms. The van der Waals surface area contributed by atoms with Gasteiger partial charge in [0.05, 0.1) is 0 Å². The van der Waals surface area contributed by atoms with Gasteiger partial charge in [-0.25, -0.2) is 0 Å². The third-order valence-corrected chi connectivity index (χ3v) is 3.41. The quantitative estimate of drug-likeness (QED) is 0.679. The Morgan fingerprint density at radius 1 is 1.33 bits per heavy atom. The summed E-state index contributed by atoms with van der Waals surface area (Å²) in [6, 6.07) is 0.826. The number of rotatable bonds is 4. The van der Waals surface area contributed by atoms with Gasteiger partial charge in [-0.2, -0.15) is 11.8 Å². The second-order valence-electron chi connectivity index (χ2n) is 3.49. The lowest BCUT2D eigenvalue weighted by Crippen LogP contribution is -2.28. The fraction of sp³-hybridized carbons (Fsp3) is 1.00. The van der Waals surface area contributed by atoms with E-state index >= 15 is 0 Å². The van der Waals surface area contributed by atoms with Crippen LogP contribution < -0.4 is 5.32 Å². The van der Waals surface area contributed by atoms with Crippen LogP contribution in [0.15, 0.2) is 0 Å². The molecule has 1 nitrogen and oxygen atoms in total. The lowest BCUT2D eigenvalue weighted by molar-refractivity contribution is 0.500. The molecule has 72 valence electrons. The molecular weight excluding hydrogens is 166 g/mol. The predicted octanol–water partition coefficient (Wildman–Crippen LogP) is 2.66. The van der Waals surface area contributed by atoms with Gasteiger partial charge in [-0.05, 0) is 37.3 Å². The molecule has 1 heterocycles. The molecule has 1 N–H and O–H groups in total. The Morgan fingerprint density at radius 3 is 3.08 bits per heavy atom. The Kier molecular flexibility index (Phi) is 5.88. The van der Waals surface area contributed by atoms with Gasteiger partial charge in [-0.15, -0.1) is 0 Å². The molecule has 1 aliphatic heterocycles. The summed E-state index contributed by atoms with van der Waals surface area (Å²) in [6.45, 7) is 3.49. The van der Waals surface area contributed by atoms with Crippen LogP contribution in [0, 0.1) is 0 Å². The molecule has 1 aliphatic rings. The third kappa shape index (κ3) is 4.36. The van der Waals surface area contributed by atoms with E-state index in [1.807, 2.05) is 0 Å². The number of thioether (sulfide) groups is 1. The Labute approximate surface area is 80.7 Å². The van der Waals surface area contributed by atoms with Crippen LogP contribution in [-0.2, 0) is 0 Å². The zero-order valence-corrected chi connectivity index (χ0v) is 8.96. The molecule has 0 aliphatic carbocycles. The summed E-state index contributed by atoms with van der Waals surface area (Å²) in [5.41, 5.74) is 0. The fourth-order valence-electron chi connectivity index (χ4n) is 1.72. The Balaban J connectivity index is 2.04. The van der Waals surface area contributed by atoms with Gasteiger partial charge in [-0.3, -0.25) is 0 Å². The fourth-order valence-corrected chi connectivity index (χ4v) is 2.46. The molecule has 0 aromatic rings. The first-order valence-corrected chi connectivity index (χ1v) is 6.40. The molecule has 0 radical (unpaired) electrons. The van der Waals surface area contributed by atoms with Gasteiger partial charge in [0, 0.05) is 6.04 Å². The summed E-state index contributed by atoms with van der Waals surface area (Å²) < 4.78 is 0. The maximum atomic E-state index is 3.63. The van der Waals surface area contributed by atoms with Crippen molar-refractivity contribution in [1.29, 1.82) is 0 Å². The van der Waals surface area contributed by atoms with E-state index in [2.05, 4.69) is 24.0 Å². The smallest absolute Gasteiger partial charge is 0.00749 e. The van der Waals surface area contributed by atoms with Crippen molar-refractivity contribution in [2.45, 2.75) is 45.1 Å². The van der Waals surface area contributed by atoms with Crippen molar-refractivity contribution in [1.82, 2.24) is 5.32 Å². The van der Waals surface area contributed by atoms with Gasteiger partial charge in [0.15, 0.2) is 0 Å². The van der Waals surface area contributed by atoms with Crippen molar-refractivity contribution >= 4 is 11.8 Å². The molecule has 0 saturated carbocycles. The van der Waals surface area contributed by atoms with Crippen molar-refractivity contribution in [2.75, 3.05) is 18.1 Å². The molecule has 1 rings (SSSR count). The highest BCUT2D eigenvalue weighted by atomic mass is 32.2. The molecule has 0 bridgehead atoms. The van der Waals surface area contributed by atoms with E-state index in [0.29, 0.717) is 0 Å². The molecule has 1 unspecified atom stereocenters. The van der Waals surface area contributed by atoms with Crippen LogP contribution in [0.3, 0.4) is 0 Å². The van der Waals surface area contributed by atoms with Crippen LogP contribution in [0.2, 0.25) is 0 Å². The predicted molar refractivity (Wildman–Crippen MR) is 57.9 cm³/mol. The molecule has 1 atom stereocenters. The highest BCUT2D eigenvalue weighted by Gasteiger charge is 2.09. The van der Waals surface area contributed by atoms with Gasteiger partial charge in [0.2, 0.25) is 0 Å². The normalized spacial score (nSPS) is 25.2. The molecule has 12 heavy (non-hydrogen) atoms. The molecule has 1 fully saturated rings. The van der Waals surface area contributed by atoms with Gasteiger partial charge < -0.3 is 5.32 Å². The van der Waals surface area contributed by atoms with Gasteiger partial charge in [0.1, 0.15) is 0 Å². The van der Waals surface area contributed by atoms with Crippen molar-refractivity contribution in [3.05, 3.63) is 0 Å². The maximum absolute atomic E-state index is 3.63. The van der Waals surface area contributed by atoms with E-state index in [0.717, 1.165) is 6.04 Å². The van der Waals surface area contributed by atoms with Gasteiger partial charge in [-0.1, -0.05) is 19.8 Å². The summed E-state index contributed by atoms with van der Waals surface area (Å²) in [5, 5.41) is 3.63. The number of nitrogens with one attached hydrogen (secondary N) is 1. The van der Waals surface area contributed by atoms with Crippen molar-refractivity contribution < 1.29 is 0 Å². The average Bonchev–Trinajstić information content (AvgIpc) is 2.33. The first-order chi connectivity index (χ1) is 5.93. The molecule has 0 aromatic carbocycles. The van der Waals surface area contributed by atoms with E-state index in [-0.39, 0.29) is 0 Å². The van der Waals surface area contributed by atoms with E-state index in [4.69, 9.17) is 0 Å². The van der Waals surface area contributed by atoms with Gasteiger partial charge in [0.25, 0.3) is 0 Å². The number of hydrogen-bond donors (Lipinski definition) is 1. The largest absolute Gasteiger partial charge is 0.314 e. The van der Waals surface area contributed by atoms with Crippen LogP contribution >= 0.6 is 11.8 Å². The topological polar surface area (TPSA) is 12.0 Å². The van der Waals surface area contributed by atoms with Crippen LogP contribution in [0.25, 0.3) is 0 Å². The van der Waals surface area contributed by atoms with Crippen molar-refractivity contribution in [2.24, 2.45) is 0 Å². The monoisotopic (exact) mass is 187 g/mol. The Hall–Kier alpha value is 0.310. The Bertz CT molecular complexity index is 98.0. The first-order valence-electron chi connectivity index (χ1n) is 5.24. The lowest BCUT2D eigenvalue weighted by Gasteiger charge is -2.14. The van der Waals surface area contributed by atoms with Crippen LogP contribution in [0.5, 0.6) is 0 Å². The van der Waals surface area contributed by atoms with E-state index in [1.165, 1.54) is 50.2 Å². The van der Waals surface area contributed by atoms with Crippen LogP contribution in [0.4, 0.5) is 0 Å². The summed E-state index contributed by atoms with van der Waals surface area (Å²) >= 11 is 2.07. The molecular formula is C10H21NS. The second kappa shape index (κ2) is 6.79. The molecule has 0 amide bonds. The zero-order valence-electron chi connectivity index (χ0n) is 8.14. The highest BCUT2D eigenvalue weighted by molar-refractivity contribution is 7.99. The summed E-state index contributed by atoms with van der Waals surface area (Å²) in [4.78, 5) is 0. The Morgan fingerprint density at radius 2 is 2.25 bits per heavy atom. The zero-order chi connectivity index (χ0) is 8.65. The summed E-state index contributed by atoms with van der Waals surface area (Å²) in [5.74, 6) is 2.61. The SMILES string of the molecule is CCSCCC1CCCCCN1. The van der Waals surface area contributed by atoms with Crippen molar-refractivity contribution in [3.8, 4) is 0 Å². The van der Waals surface area contributed by atoms with E-state index < -0.39 is 0 Å². The minimum absolute atomic E-state index is 0.826. The first kappa shape index (κ1) is 10.4. The maximum Gasteiger partial charge on any atom is 0.00749 e. The molecule has 1 saturated heterocycles. The second-order valence-corrected chi connectivity index (χ2v) is 4.88. The standard InChI is InChI=1S/C10H21NS/c1-2-12-9-7-10-6-4-3-5-8-11-10/h10-11H,2-9H2,1H3.